The van der Waals surface area contributed by atoms with E-state index in [1.165, 1.54) is 0 Å². The Hall–Kier alpha value is -1.72. The molecule has 2 aromatic rings. The predicted molar refractivity (Wildman–Crippen MR) is 79.2 cm³/mol. The van der Waals surface area contributed by atoms with E-state index in [2.05, 4.69) is 27.4 Å². The number of aromatic amines is 1. The van der Waals surface area contributed by atoms with Crippen molar-refractivity contribution < 1.29 is 4.74 Å². The average Bonchev–Trinajstić information content (AvgIpc) is 2.94. The molecule has 2 heterocycles. The summed E-state index contributed by atoms with van der Waals surface area (Å²) in [4.78, 5) is 4.15. The van der Waals surface area contributed by atoms with Crippen molar-refractivity contribution >= 4 is 0 Å². The number of nitrogens with one attached hydrogen (secondary N) is 2. The van der Waals surface area contributed by atoms with Gasteiger partial charge in [-0.25, -0.2) is 0 Å². The van der Waals surface area contributed by atoms with Crippen molar-refractivity contribution in [2.45, 2.75) is 32.4 Å². The molecule has 0 saturated carbocycles. The first kappa shape index (κ1) is 14.7. The topological polar surface area (TPSA) is 62.8 Å². The van der Waals surface area contributed by atoms with Crippen LogP contribution in [0.3, 0.4) is 0 Å². The fourth-order valence-corrected chi connectivity index (χ4v) is 2.25. The first-order chi connectivity index (χ1) is 9.85. The van der Waals surface area contributed by atoms with Crippen LogP contribution in [0, 0.1) is 0 Å². The van der Waals surface area contributed by atoms with Gasteiger partial charge >= 0.3 is 0 Å². The third-order valence-corrected chi connectivity index (χ3v) is 3.25. The fraction of sp³-hybridized carbons (Fsp3) is 0.467. The summed E-state index contributed by atoms with van der Waals surface area (Å²) in [7, 11) is 1.74. The second-order valence-corrected chi connectivity index (χ2v) is 4.83. The van der Waals surface area contributed by atoms with Crippen LogP contribution in [0.1, 0.15) is 25.3 Å². The molecular weight excluding hydrogens is 252 g/mol. The summed E-state index contributed by atoms with van der Waals surface area (Å²) in [6, 6.07) is 4.34. The molecule has 0 amide bonds. The number of nitrogens with zero attached hydrogens (tertiary/aromatic N) is 2. The van der Waals surface area contributed by atoms with E-state index in [1.807, 2.05) is 24.5 Å². The quantitative estimate of drug-likeness (QED) is 0.776. The molecule has 5 heteroatoms. The number of H-pyrrole nitrogens is 1. The smallest absolute Gasteiger partial charge is 0.0710 e. The Bertz CT molecular complexity index is 492. The second-order valence-electron chi connectivity index (χ2n) is 4.83. The van der Waals surface area contributed by atoms with Gasteiger partial charge in [-0.3, -0.25) is 10.1 Å². The molecule has 2 N–H and O–H groups in total. The van der Waals surface area contributed by atoms with Crippen LogP contribution in [0.5, 0.6) is 0 Å². The van der Waals surface area contributed by atoms with Crippen LogP contribution in [0.15, 0.2) is 30.7 Å². The first-order valence-corrected chi connectivity index (χ1v) is 7.00. The Morgan fingerprint density at radius 2 is 2.30 bits per heavy atom. The monoisotopic (exact) mass is 274 g/mol. The zero-order chi connectivity index (χ0) is 14.2. The van der Waals surface area contributed by atoms with E-state index in [1.54, 1.807) is 13.3 Å². The molecule has 1 atom stereocenters. The molecule has 0 aliphatic rings. The summed E-state index contributed by atoms with van der Waals surface area (Å²) in [5, 5.41) is 10.7. The molecule has 0 aliphatic heterocycles. The number of pyridine rings is 1. The van der Waals surface area contributed by atoms with Crippen molar-refractivity contribution in [2.75, 3.05) is 13.7 Å². The highest BCUT2D eigenvalue weighted by Gasteiger charge is 2.11. The largest absolute Gasteiger partial charge is 0.383 e. The molecule has 0 spiro atoms. The van der Waals surface area contributed by atoms with Crippen molar-refractivity contribution in [1.82, 2.24) is 20.5 Å². The van der Waals surface area contributed by atoms with Crippen LogP contribution < -0.4 is 5.32 Å². The normalized spacial score (nSPS) is 12.5. The summed E-state index contributed by atoms with van der Waals surface area (Å²) >= 11 is 0. The molecule has 0 saturated heterocycles. The van der Waals surface area contributed by atoms with Gasteiger partial charge in [0.2, 0.25) is 0 Å². The third-order valence-electron chi connectivity index (χ3n) is 3.25. The van der Waals surface area contributed by atoms with Gasteiger partial charge in [-0.05, 0) is 18.6 Å². The number of rotatable bonds is 8. The van der Waals surface area contributed by atoms with Gasteiger partial charge in [0, 0.05) is 43.2 Å². The minimum absolute atomic E-state index is 0.377. The van der Waals surface area contributed by atoms with Gasteiger partial charge in [-0.2, -0.15) is 5.10 Å². The van der Waals surface area contributed by atoms with E-state index >= 15 is 0 Å². The zero-order valence-electron chi connectivity index (χ0n) is 12.1. The van der Waals surface area contributed by atoms with Gasteiger partial charge in [-0.15, -0.1) is 0 Å². The fourth-order valence-electron chi connectivity index (χ4n) is 2.25. The molecule has 0 fully saturated rings. The summed E-state index contributed by atoms with van der Waals surface area (Å²) in [6.45, 7) is 3.69. The molecular formula is C15H22N4O. The Kier molecular flexibility index (Phi) is 5.70. The maximum Gasteiger partial charge on any atom is 0.0710 e. The maximum absolute atomic E-state index is 5.25. The summed E-state index contributed by atoms with van der Waals surface area (Å²) in [6.07, 6.45) is 7.73. The molecule has 0 bridgehead atoms. The Balaban J connectivity index is 2.02. The van der Waals surface area contributed by atoms with Crippen LogP contribution in [0.2, 0.25) is 0 Å². The van der Waals surface area contributed by atoms with E-state index < -0.39 is 0 Å². The van der Waals surface area contributed by atoms with Gasteiger partial charge in [0.15, 0.2) is 0 Å². The SMILES string of the molecule is CCCC(COC)NCc1cn[nH]c1-c1cccnc1. The second kappa shape index (κ2) is 7.77. The van der Waals surface area contributed by atoms with Gasteiger partial charge < -0.3 is 10.1 Å². The summed E-state index contributed by atoms with van der Waals surface area (Å²) in [5.74, 6) is 0. The predicted octanol–water partition coefficient (Wildman–Crippen LogP) is 2.38. The van der Waals surface area contributed by atoms with Gasteiger partial charge in [0.05, 0.1) is 18.5 Å². The highest BCUT2D eigenvalue weighted by Crippen LogP contribution is 2.19. The summed E-state index contributed by atoms with van der Waals surface area (Å²) < 4.78 is 5.25. The lowest BCUT2D eigenvalue weighted by molar-refractivity contribution is 0.161. The lowest BCUT2D eigenvalue weighted by Gasteiger charge is -2.17. The highest BCUT2D eigenvalue weighted by molar-refractivity contribution is 5.61. The molecule has 0 radical (unpaired) electrons. The molecule has 20 heavy (non-hydrogen) atoms. The molecule has 0 aliphatic carbocycles. The van der Waals surface area contributed by atoms with Crippen LogP contribution in [-0.4, -0.2) is 34.9 Å². The van der Waals surface area contributed by atoms with Crippen molar-refractivity contribution in [1.29, 1.82) is 0 Å². The van der Waals surface area contributed by atoms with Crippen LogP contribution in [-0.2, 0) is 11.3 Å². The first-order valence-electron chi connectivity index (χ1n) is 7.00. The number of hydrogen-bond donors (Lipinski definition) is 2. The van der Waals surface area contributed by atoms with Crippen LogP contribution in [0.25, 0.3) is 11.3 Å². The number of hydrogen-bond acceptors (Lipinski definition) is 4. The van der Waals surface area contributed by atoms with E-state index in [0.29, 0.717) is 6.04 Å². The minimum atomic E-state index is 0.377. The van der Waals surface area contributed by atoms with E-state index in [9.17, 15) is 0 Å². The van der Waals surface area contributed by atoms with Gasteiger partial charge in [-0.1, -0.05) is 13.3 Å². The van der Waals surface area contributed by atoms with Crippen molar-refractivity contribution in [2.24, 2.45) is 0 Å². The van der Waals surface area contributed by atoms with Crippen molar-refractivity contribution in [3.8, 4) is 11.3 Å². The van der Waals surface area contributed by atoms with E-state index in [4.69, 9.17) is 4.74 Å². The van der Waals surface area contributed by atoms with E-state index in [0.717, 1.165) is 42.8 Å². The lowest BCUT2D eigenvalue weighted by Crippen LogP contribution is -2.32. The zero-order valence-corrected chi connectivity index (χ0v) is 12.1. The molecule has 5 nitrogen and oxygen atoms in total. The molecule has 1 unspecified atom stereocenters. The molecule has 0 aromatic carbocycles. The molecule has 2 rings (SSSR count). The van der Waals surface area contributed by atoms with Gasteiger partial charge in [0.25, 0.3) is 0 Å². The molecule has 108 valence electrons. The minimum Gasteiger partial charge on any atom is -0.383 e. The van der Waals surface area contributed by atoms with Gasteiger partial charge in [0.1, 0.15) is 0 Å². The van der Waals surface area contributed by atoms with Crippen molar-refractivity contribution in [3.63, 3.8) is 0 Å². The molecule has 2 aromatic heterocycles. The number of aromatic nitrogens is 3. The highest BCUT2D eigenvalue weighted by atomic mass is 16.5. The Labute approximate surface area is 119 Å². The Morgan fingerprint density at radius 3 is 3.00 bits per heavy atom. The average molecular weight is 274 g/mol. The van der Waals surface area contributed by atoms with Crippen LogP contribution in [0.4, 0.5) is 0 Å². The third kappa shape index (κ3) is 3.88. The lowest BCUT2D eigenvalue weighted by atomic mass is 10.1. The maximum atomic E-state index is 5.25. The van der Waals surface area contributed by atoms with E-state index in [-0.39, 0.29) is 0 Å². The number of ether oxygens (including phenoxy) is 1. The number of methoxy groups -OCH3 is 1. The van der Waals surface area contributed by atoms with Crippen LogP contribution >= 0.6 is 0 Å². The summed E-state index contributed by atoms with van der Waals surface area (Å²) in [5.41, 5.74) is 3.23. The Morgan fingerprint density at radius 1 is 1.40 bits per heavy atom. The van der Waals surface area contributed by atoms with Crippen molar-refractivity contribution in [3.05, 3.63) is 36.3 Å². The standard InChI is InChI=1S/C15H22N4O/c1-3-5-14(11-20-2)17-9-13-10-18-19-15(13)12-6-4-7-16-8-12/h4,6-8,10,14,17H,3,5,9,11H2,1-2H3,(H,18,19).